The number of hydrogen-bond donors (Lipinski definition) is 2. The van der Waals surface area contributed by atoms with Gasteiger partial charge in [-0.2, -0.15) is 0 Å². The summed E-state index contributed by atoms with van der Waals surface area (Å²) in [4.78, 5) is 12.5. The van der Waals surface area contributed by atoms with Crippen molar-refractivity contribution < 1.29 is 9.53 Å². The summed E-state index contributed by atoms with van der Waals surface area (Å²) in [6.07, 6.45) is 3.73. The molecule has 1 aromatic carbocycles. The Labute approximate surface area is 141 Å². The van der Waals surface area contributed by atoms with Gasteiger partial charge < -0.3 is 15.4 Å². The molecule has 128 valence electrons. The third kappa shape index (κ3) is 3.26. The van der Waals surface area contributed by atoms with Crippen LogP contribution >= 0.6 is 0 Å². The average molecular weight is 329 g/mol. The second-order valence-corrected chi connectivity index (χ2v) is 6.11. The van der Waals surface area contributed by atoms with Crippen LogP contribution in [0.5, 0.6) is 5.75 Å². The van der Waals surface area contributed by atoms with Gasteiger partial charge in [0, 0.05) is 11.3 Å². The zero-order chi connectivity index (χ0) is 17.1. The minimum Gasteiger partial charge on any atom is -0.496 e. The van der Waals surface area contributed by atoms with Gasteiger partial charge in [-0.1, -0.05) is 11.3 Å². The van der Waals surface area contributed by atoms with Gasteiger partial charge >= 0.3 is 0 Å². The Hall–Kier alpha value is -2.41. The maximum Gasteiger partial charge on any atom is 0.277 e. The van der Waals surface area contributed by atoms with Crippen molar-refractivity contribution in [2.45, 2.75) is 32.7 Å². The van der Waals surface area contributed by atoms with E-state index in [2.05, 4.69) is 20.9 Å². The van der Waals surface area contributed by atoms with E-state index >= 15 is 0 Å². The van der Waals surface area contributed by atoms with Crippen molar-refractivity contribution in [3.8, 4) is 5.75 Å². The summed E-state index contributed by atoms with van der Waals surface area (Å²) in [5, 5.41) is 14.4. The number of carbonyl (C=O) groups is 1. The molecule has 1 saturated heterocycles. The van der Waals surface area contributed by atoms with E-state index in [0.717, 1.165) is 48.5 Å². The first-order valence-corrected chi connectivity index (χ1v) is 8.18. The number of nitrogens with one attached hydrogen (secondary N) is 2. The van der Waals surface area contributed by atoms with Gasteiger partial charge in [0.15, 0.2) is 5.69 Å². The highest BCUT2D eigenvalue weighted by Gasteiger charge is 2.19. The Morgan fingerprint density at radius 2 is 2.08 bits per heavy atom. The Bertz CT molecular complexity index is 735. The number of carbonyl (C=O) groups excluding carboxylic acids is 1. The fraction of sp³-hybridized carbons (Fsp3) is 0.471. The molecule has 0 bridgehead atoms. The highest BCUT2D eigenvalue weighted by atomic mass is 16.5. The highest BCUT2D eigenvalue weighted by molar-refractivity contribution is 6.03. The average Bonchev–Trinajstić information content (AvgIpc) is 3.09. The molecule has 2 N–H and O–H groups in total. The SMILES string of the molecule is COc1c(C)ccc(NC(=O)c2cn(C3CCNCC3)nn2)c1C. The molecular formula is C17H23N5O2. The number of piperidine rings is 1. The summed E-state index contributed by atoms with van der Waals surface area (Å²) in [6, 6.07) is 4.11. The molecule has 1 fully saturated rings. The number of nitrogens with zero attached hydrogens (tertiary/aromatic N) is 3. The molecule has 24 heavy (non-hydrogen) atoms. The number of benzene rings is 1. The van der Waals surface area contributed by atoms with E-state index in [1.165, 1.54) is 0 Å². The maximum atomic E-state index is 12.5. The molecule has 0 aliphatic carbocycles. The van der Waals surface area contributed by atoms with E-state index in [0.29, 0.717) is 11.7 Å². The van der Waals surface area contributed by atoms with Gasteiger partial charge in [0.25, 0.3) is 5.91 Å². The van der Waals surface area contributed by atoms with E-state index in [9.17, 15) is 4.79 Å². The molecule has 7 heteroatoms. The van der Waals surface area contributed by atoms with Gasteiger partial charge in [-0.15, -0.1) is 5.10 Å². The number of aryl methyl sites for hydroxylation is 1. The molecule has 0 radical (unpaired) electrons. The van der Waals surface area contributed by atoms with Crippen molar-refractivity contribution in [1.29, 1.82) is 0 Å². The summed E-state index contributed by atoms with van der Waals surface area (Å²) < 4.78 is 7.20. The number of hydrogen-bond acceptors (Lipinski definition) is 5. The number of aromatic nitrogens is 3. The molecule has 1 aliphatic rings. The molecule has 2 heterocycles. The van der Waals surface area contributed by atoms with E-state index in [1.807, 2.05) is 26.0 Å². The largest absolute Gasteiger partial charge is 0.496 e. The summed E-state index contributed by atoms with van der Waals surface area (Å²) in [6.45, 7) is 5.83. The van der Waals surface area contributed by atoms with E-state index in [1.54, 1.807) is 18.0 Å². The van der Waals surface area contributed by atoms with Crippen LogP contribution in [0.1, 0.15) is 40.5 Å². The molecule has 1 amide bonds. The van der Waals surface area contributed by atoms with E-state index in [4.69, 9.17) is 4.74 Å². The molecule has 0 spiro atoms. The number of amides is 1. The Balaban J connectivity index is 1.75. The number of anilines is 1. The molecule has 2 aromatic rings. The second kappa shape index (κ2) is 7.00. The van der Waals surface area contributed by atoms with Crippen LogP contribution in [0.15, 0.2) is 18.3 Å². The van der Waals surface area contributed by atoms with Gasteiger partial charge in [-0.05, 0) is 51.4 Å². The quantitative estimate of drug-likeness (QED) is 0.897. The Kier molecular flexibility index (Phi) is 4.80. The minimum absolute atomic E-state index is 0.260. The van der Waals surface area contributed by atoms with Crippen LogP contribution < -0.4 is 15.4 Å². The lowest BCUT2D eigenvalue weighted by Gasteiger charge is -2.22. The molecule has 0 atom stereocenters. The van der Waals surface area contributed by atoms with Crippen LogP contribution in [-0.4, -0.2) is 41.1 Å². The summed E-state index contributed by atoms with van der Waals surface area (Å²) >= 11 is 0. The topological polar surface area (TPSA) is 81.1 Å². The van der Waals surface area contributed by atoms with Gasteiger partial charge in [0.2, 0.25) is 0 Å². The molecular weight excluding hydrogens is 306 g/mol. The van der Waals surface area contributed by atoms with Gasteiger partial charge in [0.1, 0.15) is 5.75 Å². The van der Waals surface area contributed by atoms with Crippen molar-refractivity contribution >= 4 is 11.6 Å². The lowest BCUT2D eigenvalue weighted by molar-refractivity contribution is 0.102. The third-order valence-electron chi connectivity index (χ3n) is 4.48. The second-order valence-electron chi connectivity index (χ2n) is 6.11. The number of methoxy groups -OCH3 is 1. The Morgan fingerprint density at radius 1 is 1.33 bits per heavy atom. The van der Waals surface area contributed by atoms with Crippen LogP contribution in [0.2, 0.25) is 0 Å². The van der Waals surface area contributed by atoms with Crippen molar-refractivity contribution in [2.75, 3.05) is 25.5 Å². The van der Waals surface area contributed by atoms with Gasteiger partial charge in [-0.25, -0.2) is 4.68 Å². The predicted molar refractivity (Wildman–Crippen MR) is 91.6 cm³/mol. The monoisotopic (exact) mass is 329 g/mol. The van der Waals surface area contributed by atoms with E-state index < -0.39 is 0 Å². The normalized spacial score (nSPS) is 15.3. The lowest BCUT2D eigenvalue weighted by Crippen LogP contribution is -2.29. The van der Waals surface area contributed by atoms with Crippen LogP contribution in [0.25, 0.3) is 0 Å². The molecule has 7 nitrogen and oxygen atoms in total. The molecule has 0 unspecified atom stereocenters. The standard InChI is InChI=1S/C17H23N5O2/c1-11-4-5-14(12(2)16(11)24-3)19-17(23)15-10-22(21-20-15)13-6-8-18-9-7-13/h4-5,10,13,18H,6-9H2,1-3H3,(H,19,23). The number of rotatable bonds is 4. The highest BCUT2D eigenvalue weighted by Crippen LogP contribution is 2.29. The van der Waals surface area contributed by atoms with Crippen molar-refractivity contribution in [3.05, 3.63) is 35.2 Å². The number of ether oxygens (including phenoxy) is 1. The molecule has 1 aliphatic heterocycles. The first-order chi connectivity index (χ1) is 11.6. The van der Waals surface area contributed by atoms with Crippen molar-refractivity contribution in [2.24, 2.45) is 0 Å². The summed E-state index contributed by atoms with van der Waals surface area (Å²) in [5.74, 6) is 0.523. The lowest BCUT2D eigenvalue weighted by atomic mass is 10.1. The van der Waals surface area contributed by atoms with Crippen LogP contribution in [0.3, 0.4) is 0 Å². The smallest absolute Gasteiger partial charge is 0.277 e. The van der Waals surface area contributed by atoms with Crippen LogP contribution in [0.4, 0.5) is 5.69 Å². The zero-order valence-corrected chi connectivity index (χ0v) is 14.3. The minimum atomic E-state index is -0.260. The van der Waals surface area contributed by atoms with Crippen molar-refractivity contribution in [3.63, 3.8) is 0 Å². The molecule has 3 rings (SSSR count). The predicted octanol–water partition coefficient (Wildman–Crippen LogP) is 2.08. The third-order valence-corrected chi connectivity index (χ3v) is 4.48. The summed E-state index contributed by atoms with van der Waals surface area (Å²) in [5.41, 5.74) is 2.98. The van der Waals surface area contributed by atoms with Gasteiger partial charge in [0.05, 0.1) is 19.3 Å². The van der Waals surface area contributed by atoms with Crippen LogP contribution in [-0.2, 0) is 0 Å². The molecule has 1 aromatic heterocycles. The molecule has 0 saturated carbocycles. The maximum absolute atomic E-state index is 12.5. The van der Waals surface area contributed by atoms with Gasteiger partial charge in [-0.3, -0.25) is 4.79 Å². The van der Waals surface area contributed by atoms with E-state index in [-0.39, 0.29) is 5.91 Å². The fourth-order valence-electron chi connectivity index (χ4n) is 3.09. The fourth-order valence-corrected chi connectivity index (χ4v) is 3.09. The summed E-state index contributed by atoms with van der Waals surface area (Å²) in [7, 11) is 1.63. The Morgan fingerprint density at radius 3 is 2.79 bits per heavy atom. The first kappa shape index (κ1) is 16.4. The van der Waals surface area contributed by atoms with Crippen LogP contribution in [0, 0.1) is 13.8 Å². The van der Waals surface area contributed by atoms with Crippen molar-refractivity contribution in [1.82, 2.24) is 20.3 Å². The first-order valence-electron chi connectivity index (χ1n) is 8.18. The zero-order valence-electron chi connectivity index (χ0n) is 14.3.